The molecule has 164 valence electrons. The van der Waals surface area contributed by atoms with Gasteiger partial charge >= 0.3 is 5.97 Å². The number of benzene rings is 1. The highest BCUT2D eigenvalue weighted by atomic mass is 32.1. The minimum Gasteiger partial charge on any atom is -0.481 e. The first-order valence-electron chi connectivity index (χ1n) is 10.9. The third-order valence-corrected chi connectivity index (χ3v) is 7.99. The van der Waals surface area contributed by atoms with Crippen LogP contribution in [0.25, 0.3) is 0 Å². The molecule has 3 aliphatic rings. The second-order valence-electron chi connectivity index (χ2n) is 8.92. The highest BCUT2D eigenvalue weighted by molar-refractivity contribution is 7.16. The minimum absolute atomic E-state index is 0.0636. The van der Waals surface area contributed by atoms with Crippen LogP contribution >= 0.6 is 11.3 Å². The summed E-state index contributed by atoms with van der Waals surface area (Å²) in [5.41, 5.74) is 1.09. The highest BCUT2D eigenvalue weighted by Gasteiger charge is 2.50. The average molecular weight is 441 g/mol. The Hall–Kier alpha value is -2.67. The number of amides is 2. The largest absolute Gasteiger partial charge is 0.481 e. The molecule has 0 saturated heterocycles. The number of fused-ring (bicyclic) bond motifs is 3. The molecule has 6 nitrogen and oxygen atoms in total. The molecule has 0 unspecified atom stereocenters. The molecule has 1 aromatic heterocycles. The molecular formula is C24H28N2O4S. The molecule has 3 aliphatic carbocycles. The van der Waals surface area contributed by atoms with Crippen molar-refractivity contribution in [1.29, 1.82) is 0 Å². The zero-order chi connectivity index (χ0) is 22.1. The molecule has 5 rings (SSSR count). The number of hydrogen-bond acceptors (Lipinski definition) is 4. The number of carboxylic acid groups (broad SMARTS) is 1. The van der Waals surface area contributed by atoms with E-state index in [0.29, 0.717) is 16.3 Å². The van der Waals surface area contributed by atoms with Crippen molar-refractivity contribution in [3.8, 4) is 0 Å². The Morgan fingerprint density at radius 1 is 0.968 bits per heavy atom. The Labute approximate surface area is 186 Å². The van der Waals surface area contributed by atoms with Gasteiger partial charge in [0.2, 0.25) is 5.91 Å². The second-order valence-corrected chi connectivity index (χ2v) is 10.0. The van der Waals surface area contributed by atoms with E-state index in [1.807, 2.05) is 50.2 Å². The predicted octanol–water partition coefficient (Wildman–Crippen LogP) is 5.20. The summed E-state index contributed by atoms with van der Waals surface area (Å²) in [6.07, 6.45) is 3.56. The van der Waals surface area contributed by atoms with Gasteiger partial charge in [-0.2, -0.15) is 0 Å². The Morgan fingerprint density at radius 2 is 1.58 bits per heavy atom. The van der Waals surface area contributed by atoms with E-state index in [1.54, 1.807) is 0 Å². The molecule has 1 heterocycles. The third kappa shape index (κ3) is 4.37. The number of carbonyl (C=O) groups is 3. The molecule has 2 bridgehead atoms. The summed E-state index contributed by atoms with van der Waals surface area (Å²) in [6.45, 7) is 4.08. The van der Waals surface area contributed by atoms with Crippen molar-refractivity contribution >= 4 is 39.8 Å². The number of nitrogens with one attached hydrogen (secondary N) is 2. The van der Waals surface area contributed by atoms with Gasteiger partial charge in [0, 0.05) is 10.6 Å². The Kier molecular flexibility index (Phi) is 6.14. The fourth-order valence-electron chi connectivity index (χ4n) is 5.05. The first-order chi connectivity index (χ1) is 14.8. The molecule has 0 aliphatic heterocycles. The molecule has 3 fully saturated rings. The number of thiophene rings is 1. The van der Waals surface area contributed by atoms with Crippen LogP contribution in [0.1, 0.15) is 60.7 Å². The van der Waals surface area contributed by atoms with Crippen molar-refractivity contribution in [2.45, 2.75) is 45.4 Å². The monoisotopic (exact) mass is 440 g/mol. The maximum absolute atomic E-state index is 13.3. The molecule has 2 amide bonds. The SMILES string of the molecule is CC(C)c1cc(C(=O)Nc2ccccc2)c(NC(=O)[C@H]2C3CCC(CC3)[C@H]2C(=O)O)s1. The molecule has 2 aromatic rings. The fraction of sp³-hybridized carbons (Fsp3) is 0.458. The van der Waals surface area contributed by atoms with E-state index in [4.69, 9.17) is 0 Å². The van der Waals surface area contributed by atoms with Gasteiger partial charge in [-0.3, -0.25) is 14.4 Å². The summed E-state index contributed by atoms with van der Waals surface area (Å²) >= 11 is 1.39. The van der Waals surface area contributed by atoms with Gasteiger partial charge in [-0.15, -0.1) is 11.3 Å². The van der Waals surface area contributed by atoms with Crippen LogP contribution in [0.5, 0.6) is 0 Å². The second kappa shape index (κ2) is 8.83. The maximum atomic E-state index is 13.3. The predicted molar refractivity (Wildman–Crippen MR) is 121 cm³/mol. The van der Waals surface area contributed by atoms with Gasteiger partial charge in [-0.1, -0.05) is 32.0 Å². The summed E-state index contributed by atoms with van der Waals surface area (Å²) in [5.74, 6) is -2.26. The zero-order valence-corrected chi connectivity index (χ0v) is 18.6. The number of rotatable bonds is 6. The van der Waals surface area contributed by atoms with Crippen molar-refractivity contribution in [1.82, 2.24) is 0 Å². The van der Waals surface area contributed by atoms with Crippen molar-refractivity contribution in [2.75, 3.05) is 10.6 Å². The van der Waals surface area contributed by atoms with Gasteiger partial charge in [0.25, 0.3) is 5.91 Å². The number of aliphatic carboxylic acids is 1. The van der Waals surface area contributed by atoms with Crippen LogP contribution in [-0.2, 0) is 9.59 Å². The summed E-state index contributed by atoms with van der Waals surface area (Å²) in [7, 11) is 0. The summed E-state index contributed by atoms with van der Waals surface area (Å²) in [4.78, 5) is 39.2. The van der Waals surface area contributed by atoms with Gasteiger partial charge < -0.3 is 15.7 Å². The van der Waals surface area contributed by atoms with Gasteiger partial charge in [0.1, 0.15) is 5.00 Å². The summed E-state index contributed by atoms with van der Waals surface area (Å²) < 4.78 is 0. The average Bonchev–Trinajstić information content (AvgIpc) is 3.18. The molecule has 7 heteroatoms. The number of para-hydroxylation sites is 1. The molecule has 3 saturated carbocycles. The van der Waals surface area contributed by atoms with Crippen LogP contribution in [0.3, 0.4) is 0 Å². The minimum atomic E-state index is -0.884. The van der Waals surface area contributed by atoms with Gasteiger partial charge in [-0.25, -0.2) is 0 Å². The van der Waals surface area contributed by atoms with E-state index in [1.165, 1.54) is 11.3 Å². The van der Waals surface area contributed by atoms with Gasteiger partial charge in [0.05, 0.1) is 17.4 Å². The maximum Gasteiger partial charge on any atom is 0.307 e. The van der Waals surface area contributed by atoms with Crippen molar-refractivity contribution in [3.63, 3.8) is 0 Å². The molecule has 31 heavy (non-hydrogen) atoms. The summed E-state index contributed by atoms with van der Waals surface area (Å²) in [5, 5.41) is 16.1. The molecule has 1 aromatic carbocycles. The Balaban J connectivity index is 1.59. The topological polar surface area (TPSA) is 95.5 Å². The number of carboxylic acids is 1. The van der Waals surface area contributed by atoms with Crippen molar-refractivity contribution < 1.29 is 19.5 Å². The quantitative estimate of drug-likeness (QED) is 0.575. The van der Waals surface area contributed by atoms with Crippen LogP contribution in [0.2, 0.25) is 0 Å². The number of carbonyl (C=O) groups excluding carboxylic acids is 2. The smallest absolute Gasteiger partial charge is 0.307 e. The van der Waals surface area contributed by atoms with E-state index < -0.39 is 17.8 Å². The zero-order valence-electron chi connectivity index (χ0n) is 17.8. The van der Waals surface area contributed by atoms with Crippen LogP contribution in [0.15, 0.2) is 36.4 Å². The Morgan fingerprint density at radius 3 is 2.16 bits per heavy atom. The number of hydrogen-bond donors (Lipinski definition) is 3. The normalized spacial score (nSPS) is 24.7. The van der Waals surface area contributed by atoms with E-state index in [-0.39, 0.29) is 29.6 Å². The van der Waals surface area contributed by atoms with E-state index in [9.17, 15) is 19.5 Å². The van der Waals surface area contributed by atoms with Crippen LogP contribution in [-0.4, -0.2) is 22.9 Å². The van der Waals surface area contributed by atoms with E-state index >= 15 is 0 Å². The standard InChI is InChI=1S/C24H28N2O4S/c1-13(2)18-12-17(21(27)25-16-6-4-3-5-7-16)23(31-18)26-22(28)19-14-8-10-15(11-9-14)20(19)24(29)30/h3-7,12-15,19-20H,8-11H2,1-2H3,(H,25,27)(H,26,28)(H,29,30)/t14?,15?,19-,20+/m0/s1. The molecular weight excluding hydrogens is 412 g/mol. The molecule has 2 atom stereocenters. The van der Waals surface area contributed by atoms with E-state index in [2.05, 4.69) is 10.6 Å². The molecule has 0 spiro atoms. The third-order valence-electron chi connectivity index (χ3n) is 6.64. The lowest BCUT2D eigenvalue weighted by atomic mass is 9.58. The lowest BCUT2D eigenvalue weighted by Gasteiger charge is -2.45. The van der Waals surface area contributed by atoms with Gasteiger partial charge in [0.15, 0.2) is 0 Å². The molecule has 0 radical (unpaired) electrons. The van der Waals surface area contributed by atoms with Crippen molar-refractivity contribution in [3.05, 3.63) is 46.8 Å². The lowest BCUT2D eigenvalue weighted by Crippen LogP contribution is -2.49. The molecule has 3 N–H and O–H groups in total. The first kappa shape index (κ1) is 21.6. The highest BCUT2D eigenvalue weighted by Crippen LogP contribution is 2.49. The van der Waals surface area contributed by atoms with E-state index in [0.717, 1.165) is 30.6 Å². The van der Waals surface area contributed by atoms with Crippen molar-refractivity contribution in [2.24, 2.45) is 23.7 Å². The van der Waals surface area contributed by atoms with Gasteiger partial charge in [-0.05, 0) is 61.6 Å². The van der Waals surface area contributed by atoms with Crippen LogP contribution in [0, 0.1) is 23.7 Å². The Bertz CT molecular complexity index is 977. The first-order valence-corrected chi connectivity index (χ1v) is 11.7. The van der Waals surface area contributed by atoms with Crippen LogP contribution < -0.4 is 10.6 Å². The summed E-state index contributed by atoms with van der Waals surface area (Å²) in [6, 6.07) is 11.0. The fourth-order valence-corrected chi connectivity index (χ4v) is 6.11. The lowest BCUT2D eigenvalue weighted by molar-refractivity contribution is -0.156. The number of anilines is 2. The van der Waals surface area contributed by atoms with Crippen LogP contribution in [0.4, 0.5) is 10.7 Å².